The van der Waals surface area contributed by atoms with E-state index >= 15 is 0 Å². The van der Waals surface area contributed by atoms with Crippen LogP contribution in [0.3, 0.4) is 0 Å². The first-order valence-corrected chi connectivity index (χ1v) is 26.6. The molecule has 0 aliphatic carbocycles. The summed E-state index contributed by atoms with van der Waals surface area (Å²) in [4.78, 5) is 24.4. The van der Waals surface area contributed by atoms with E-state index in [9.17, 15) is 19.8 Å². The molecule has 0 spiro atoms. The Balaban J connectivity index is 3.52. The van der Waals surface area contributed by atoms with Gasteiger partial charge in [-0.2, -0.15) is 0 Å². The molecule has 0 heterocycles. The number of esters is 1. The van der Waals surface area contributed by atoms with Gasteiger partial charge in [-0.05, 0) is 51.4 Å². The molecular formula is C54H103NO5. The number of nitrogens with one attached hydrogen (secondary N) is 1. The number of rotatable bonds is 49. The summed E-state index contributed by atoms with van der Waals surface area (Å²) in [5.41, 5.74) is 0. The van der Waals surface area contributed by atoms with E-state index in [0.717, 1.165) is 57.8 Å². The van der Waals surface area contributed by atoms with E-state index in [-0.39, 0.29) is 18.5 Å². The second-order valence-corrected chi connectivity index (χ2v) is 18.2. The number of amides is 1. The van der Waals surface area contributed by atoms with Crippen molar-refractivity contribution in [3.63, 3.8) is 0 Å². The molecule has 0 aliphatic heterocycles. The van der Waals surface area contributed by atoms with E-state index in [1.165, 1.54) is 199 Å². The summed E-state index contributed by atoms with van der Waals surface area (Å²) < 4.78 is 5.43. The maximum absolute atomic E-state index is 12.5. The van der Waals surface area contributed by atoms with Gasteiger partial charge in [0.1, 0.15) is 0 Å². The van der Waals surface area contributed by atoms with Crippen molar-refractivity contribution in [1.29, 1.82) is 0 Å². The second kappa shape index (κ2) is 50.0. The number of ether oxygens (including phenoxy) is 1. The summed E-state index contributed by atoms with van der Waals surface area (Å²) in [7, 11) is 0. The van der Waals surface area contributed by atoms with Crippen molar-refractivity contribution in [1.82, 2.24) is 5.32 Å². The summed E-state index contributed by atoms with van der Waals surface area (Å²) in [6.07, 6.45) is 58.9. The number of allylic oxidation sites excluding steroid dienone is 3. The molecule has 0 radical (unpaired) electrons. The number of hydrogen-bond acceptors (Lipinski definition) is 5. The van der Waals surface area contributed by atoms with E-state index in [1.807, 2.05) is 6.08 Å². The van der Waals surface area contributed by atoms with Crippen molar-refractivity contribution in [3.05, 3.63) is 24.3 Å². The van der Waals surface area contributed by atoms with Crippen molar-refractivity contribution < 1.29 is 24.5 Å². The van der Waals surface area contributed by atoms with Crippen molar-refractivity contribution in [2.75, 3.05) is 13.2 Å². The molecule has 2 atom stereocenters. The van der Waals surface area contributed by atoms with Crippen LogP contribution in [0.1, 0.15) is 284 Å². The zero-order chi connectivity index (χ0) is 43.7. The molecule has 0 saturated carbocycles. The average Bonchev–Trinajstić information content (AvgIpc) is 3.25. The zero-order valence-electron chi connectivity index (χ0n) is 40.2. The Morgan fingerprint density at radius 2 is 0.800 bits per heavy atom. The molecule has 0 fully saturated rings. The van der Waals surface area contributed by atoms with Gasteiger partial charge in [0, 0.05) is 12.8 Å². The van der Waals surface area contributed by atoms with Gasteiger partial charge in [-0.25, -0.2) is 0 Å². The molecule has 0 bridgehead atoms. The predicted octanol–water partition coefficient (Wildman–Crippen LogP) is 15.9. The maximum atomic E-state index is 12.5. The van der Waals surface area contributed by atoms with Crippen LogP contribution in [0.5, 0.6) is 0 Å². The van der Waals surface area contributed by atoms with Crippen LogP contribution < -0.4 is 5.32 Å². The van der Waals surface area contributed by atoms with Crippen molar-refractivity contribution in [3.8, 4) is 0 Å². The van der Waals surface area contributed by atoms with Crippen LogP contribution in [0, 0.1) is 0 Å². The minimum absolute atomic E-state index is 0.0263. The van der Waals surface area contributed by atoms with E-state index in [1.54, 1.807) is 6.08 Å². The molecule has 0 rings (SSSR count). The van der Waals surface area contributed by atoms with Crippen molar-refractivity contribution >= 4 is 11.9 Å². The molecule has 2 unspecified atom stereocenters. The number of aliphatic hydroxyl groups excluding tert-OH is 2. The van der Waals surface area contributed by atoms with Gasteiger partial charge in [-0.15, -0.1) is 0 Å². The van der Waals surface area contributed by atoms with Crippen LogP contribution in [0.25, 0.3) is 0 Å². The fourth-order valence-corrected chi connectivity index (χ4v) is 8.08. The third-order valence-electron chi connectivity index (χ3n) is 12.2. The predicted molar refractivity (Wildman–Crippen MR) is 260 cm³/mol. The summed E-state index contributed by atoms with van der Waals surface area (Å²) in [6, 6.07) is -0.642. The summed E-state index contributed by atoms with van der Waals surface area (Å²) in [5.74, 6) is -0.112. The third kappa shape index (κ3) is 45.9. The van der Waals surface area contributed by atoms with Gasteiger partial charge >= 0.3 is 5.97 Å². The fourth-order valence-electron chi connectivity index (χ4n) is 8.08. The van der Waals surface area contributed by atoms with Crippen LogP contribution in [0.4, 0.5) is 0 Å². The largest absolute Gasteiger partial charge is 0.466 e. The highest BCUT2D eigenvalue weighted by molar-refractivity contribution is 5.76. The fraction of sp³-hybridized carbons (Fsp3) is 0.889. The number of hydrogen-bond donors (Lipinski definition) is 3. The Kier molecular flexibility index (Phi) is 48.6. The highest BCUT2D eigenvalue weighted by Gasteiger charge is 2.18. The third-order valence-corrected chi connectivity index (χ3v) is 12.2. The first-order chi connectivity index (χ1) is 29.5. The van der Waals surface area contributed by atoms with Crippen LogP contribution in [0.15, 0.2) is 24.3 Å². The lowest BCUT2D eigenvalue weighted by Gasteiger charge is -2.20. The Morgan fingerprint density at radius 1 is 0.450 bits per heavy atom. The molecule has 1 amide bonds. The van der Waals surface area contributed by atoms with Gasteiger partial charge in [-0.1, -0.05) is 244 Å². The SMILES string of the molecule is CCCC/C=C\CCCCCCCC(=O)OCCCCCCCCCCCCCC(=O)NC(CO)C(O)/C=C/CCCCCCCCCCCCCCCCCCCCC. The highest BCUT2D eigenvalue weighted by Crippen LogP contribution is 2.16. The molecule has 60 heavy (non-hydrogen) atoms. The van der Waals surface area contributed by atoms with Gasteiger partial charge in [-0.3, -0.25) is 9.59 Å². The average molecular weight is 846 g/mol. The molecule has 354 valence electrons. The Hall–Kier alpha value is -1.66. The number of carbonyl (C=O) groups is 2. The summed E-state index contributed by atoms with van der Waals surface area (Å²) >= 11 is 0. The zero-order valence-corrected chi connectivity index (χ0v) is 40.2. The molecule has 0 aromatic rings. The van der Waals surface area contributed by atoms with Gasteiger partial charge in [0.25, 0.3) is 0 Å². The van der Waals surface area contributed by atoms with Gasteiger partial charge in [0.15, 0.2) is 0 Å². The molecular weight excluding hydrogens is 743 g/mol. The minimum atomic E-state index is -0.857. The molecule has 6 nitrogen and oxygen atoms in total. The highest BCUT2D eigenvalue weighted by atomic mass is 16.5. The van der Waals surface area contributed by atoms with E-state index < -0.39 is 12.1 Å². The van der Waals surface area contributed by atoms with Crippen LogP contribution in [-0.4, -0.2) is 47.4 Å². The van der Waals surface area contributed by atoms with Crippen LogP contribution in [0.2, 0.25) is 0 Å². The minimum Gasteiger partial charge on any atom is -0.466 e. The Bertz CT molecular complexity index is 935. The van der Waals surface area contributed by atoms with Crippen molar-refractivity contribution in [2.45, 2.75) is 296 Å². The molecule has 0 aliphatic rings. The number of aliphatic hydroxyl groups is 2. The lowest BCUT2D eigenvalue weighted by Crippen LogP contribution is -2.45. The lowest BCUT2D eigenvalue weighted by atomic mass is 10.0. The van der Waals surface area contributed by atoms with E-state index in [4.69, 9.17) is 4.74 Å². The smallest absolute Gasteiger partial charge is 0.305 e. The quantitative estimate of drug-likeness (QED) is 0.0322. The Labute approximate surface area is 373 Å². The maximum Gasteiger partial charge on any atom is 0.305 e. The van der Waals surface area contributed by atoms with Gasteiger partial charge < -0.3 is 20.3 Å². The standard InChI is InChI=1S/C54H103NO5/c1-3-5-7-9-11-13-15-16-17-18-19-20-21-22-23-24-27-30-34-38-42-46-52(57)51(50-56)55-53(58)47-43-39-35-31-28-25-29-33-37-41-45-49-60-54(59)48-44-40-36-32-26-14-12-10-8-6-4-2/h10,12,42,46,51-52,56-57H,3-9,11,13-41,43-45,47-50H2,1-2H3,(H,55,58)/b12-10-,46-42+. The normalized spacial score (nSPS) is 12.8. The second-order valence-electron chi connectivity index (χ2n) is 18.2. The van der Waals surface area contributed by atoms with Crippen molar-refractivity contribution in [2.24, 2.45) is 0 Å². The van der Waals surface area contributed by atoms with E-state index in [2.05, 4.69) is 31.3 Å². The first kappa shape index (κ1) is 58.3. The number of carbonyl (C=O) groups excluding carboxylic acids is 2. The van der Waals surface area contributed by atoms with Gasteiger partial charge in [0.05, 0.1) is 25.4 Å². The van der Waals surface area contributed by atoms with Gasteiger partial charge in [0.2, 0.25) is 5.91 Å². The number of unbranched alkanes of at least 4 members (excludes halogenated alkanes) is 36. The molecule has 0 aromatic carbocycles. The summed E-state index contributed by atoms with van der Waals surface area (Å²) in [5, 5.41) is 23.1. The topological polar surface area (TPSA) is 95.9 Å². The summed E-state index contributed by atoms with van der Waals surface area (Å²) in [6.45, 7) is 4.83. The molecule has 0 aromatic heterocycles. The molecule has 3 N–H and O–H groups in total. The van der Waals surface area contributed by atoms with Crippen LogP contribution in [-0.2, 0) is 14.3 Å². The van der Waals surface area contributed by atoms with E-state index in [0.29, 0.717) is 19.4 Å². The first-order valence-electron chi connectivity index (χ1n) is 26.6. The lowest BCUT2D eigenvalue weighted by molar-refractivity contribution is -0.143. The molecule has 0 saturated heterocycles. The van der Waals surface area contributed by atoms with Crippen LogP contribution >= 0.6 is 0 Å². The molecule has 6 heteroatoms. The Morgan fingerprint density at radius 3 is 1.23 bits per heavy atom. The monoisotopic (exact) mass is 846 g/mol.